The highest BCUT2D eigenvalue weighted by atomic mass is 16.5. The molecule has 3 heterocycles. The molecule has 1 aromatic carbocycles. The number of nitrogen functional groups attached to an aromatic ring is 1. The second kappa shape index (κ2) is 5.74. The van der Waals surface area contributed by atoms with Gasteiger partial charge in [-0.05, 0) is 45.4 Å². The van der Waals surface area contributed by atoms with E-state index in [1.165, 1.54) is 0 Å². The highest BCUT2D eigenvalue weighted by Gasteiger charge is 2.24. The van der Waals surface area contributed by atoms with Crippen LogP contribution in [0.1, 0.15) is 28.2 Å². The number of fused-ring (bicyclic) bond motifs is 3. The smallest absolute Gasteiger partial charge is 0.180 e. The Morgan fingerprint density at radius 3 is 2.59 bits per heavy atom. The monoisotopic (exact) mass is 360 g/mol. The number of aromatic nitrogens is 4. The molecule has 0 amide bonds. The average Bonchev–Trinajstić information content (AvgIpc) is 3.14. The summed E-state index contributed by atoms with van der Waals surface area (Å²) in [7, 11) is 1.64. The van der Waals surface area contributed by atoms with Crippen LogP contribution in [0, 0.1) is 39.0 Å². The van der Waals surface area contributed by atoms with E-state index < -0.39 is 0 Å². The van der Waals surface area contributed by atoms with Crippen LogP contribution in [0.15, 0.2) is 18.2 Å². The first kappa shape index (κ1) is 16.9. The molecular formula is C20H20N6O. The van der Waals surface area contributed by atoms with Crippen LogP contribution in [-0.4, -0.2) is 26.3 Å². The number of nitrogens with zero attached hydrogens (tertiary/aromatic N) is 5. The van der Waals surface area contributed by atoms with Crippen LogP contribution in [0.25, 0.3) is 22.2 Å². The molecule has 7 heteroatoms. The molecule has 0 aliphatic heterocycles. The van der Waals surface area contributed by atoms with Crippen molar-refractivity contribution in [2.75, 3.05) is 12.8 Å². The van der Waals surface area contributed by atoms with E-state index >= 15 is 0 Å². The predicted octanol–water partition coefficient (Wildman–Crippen LogP) is 3.37. The van der Waals surface area contributed by atoms with Crippen molar-refractivity contribution >= 4 is 22.4 Å². The Kier molecular flexibility index (Phi) is 3.60. The van der Waals surface area contributed by atoms with Crippen LogP contribution in [0.3, 0.4) is 0 Å². The summed E-state index contributed by atoms with van der Waals surface area (Å²) >= 11 is 0. The van der Waals surface area contributed by atoms with E-state index in [9.17, 15) is 5.26 Å². The van der Waals surface area contributed by atoms with Crippen molar-refractivity contribution < 1.29 is 4.74 Å². The minimum atomic E-state index is 0.389. The molecule has 27 heavy (non-hydrogen) atoms. The Hall–Kier alpha value is -3.53. The molecule has 0 atom stereocenters. The van der Waals surface area contributed by atoms with Crippen molar-refractivity contribution in [3.63, 3.8) is 0 Å². The maximum Gasteiger partial charge on any atom is 0.180 e. The van der Waals surface area contributed by atoms with E-state index in [1.807, 2.05) is 50.5 Å². The van der Waals surface area contributed by atoms with Gasteiger partial charge in [-0.15, -0.1) is 0 Å². The molecule has 0 aliphatic carbocycles. The number of ether oxygens (including phenoxy) is 1. The van der Waals surface area contributed by atoms with Gasteiger partial charge in [-0.25, -0.2) is 9.50 Å². The summed E-state index contributed by atoms with van der Waals surface area (Å²) < 4.78 is 9.20. The lowest BCUT2D eigenvalue weighted by atomic mass is 10.1. The number of hydrogen-bond donors (Lipinski definition) is 1. The lowest BCUT2D eigenvalue weighted by Gasteiger charge is -2.17. The number of aryl methyl sites for hydroxylation is 3. The zero-order chi connectivity index (χ0) is 19.5. The number of methoxy groups -OCH3 is 1. The zero-order valence-electron chi connectivity index (χ0n) is 16.0. The highest BCUT2D eigenvalue weighted by Crippen LogP contribution is 2.38. The van der Waals surface area contributed by atoms with Crippen molar-refractivity contribution in [2.45, 2.75) is 27.7 Å². The fourth-order valence-corrected chi connectivity index (χ4v) is 3.79. The van der Waals surface area contributed by atoms with E-state index in [1.54, 1.807) is 11.6 Å². The third-order valence-electron chi connectivity index (χ3n) is 5.00. The molecule has 4 rings (SSSR count). The van der Waals surface area contributed by atoms with E-state index in [4.69, 9.17) is 10.5 Å². The van der Waals surface area contributed by atoms with Gasteiger partial charge < -0.3 is 10.5 Å². The fourth-order valence-electron chi connectivity index (χ4n) is 3.79. The summed E-state index contributed by atoms with van der Waals surface area (Å²) in [6.45, 7) is 7.79. The lowest BCUT2D eigenvalue weighted by Crippen LogP contribution is -2.07. The molecule has 0 radical (unpaired) electrons. The van der Waals surface area contributed by atoms with Crippen molar-refractivity contribution in [3.8, 4) is 17.5 Å². The van der Waals surface area contributed by atoms with Gasteiger partial charge in [-0.2, -0.15) is 10.4 Å². The SMILES string of the molecule is COc1ccc(C)c(-n2c(N)c(C#N)c3cc(C)n4nc(C)nc4c32)c1C. The molecule has 0 spiro atoms. The third kappa shape index (κ3) is 2.20. The van der Waals surface area contributed by atoms with Gasteiger partial charge >= 0.3 is 0 Å². The maximum absolute atomic E-state index is 9.77. The van der Waals surface area contributed by atoms with Gasteiger partial charge in [0.2, 0.25) is 0 Å². The molecule has 0 saturated heterocycles. The summed E-state index contributed by atoms with van der Waals surface area (Å²) in [5, 5.41) is 15.0. The van der Waals surface area contributed by atoms with E-state index in [2.05, 4.69) is 16.2 Å². The second-order valence-electron chi connectivity index (χ2n) is 6.71. The summed E-state index contributed by atoms with van der Waals surface area (Å²) in [4.78, 5) is 4.61. The van der Waals surface area contributed by atoms with Crippen LogP contribution >= 0.6 is 0 Å². The number of pyridine rings is 1. The van der Waals surface area contributed by atoms with Gasteiger partial charge in [0.25, 0.3) is 0 Å². The Bertz CT molecular complexity index is 1270. The first-order valence-electron chi connectivity index (χ1n) is 8.60. The minimum Gasteiger partial charge on any atom is -0.496 e. The Morgan fingerprint density at radius 1 is 1.19 bits per heavy atom. The van der Waals surface area contributed by atoms with Gasteiger partial charge in [-0.1, -0.05) is 6.07 Å². The summed E-state index contributed by atoms with van der Waals surface area (Å²) in [6.07, 6.45) is 0. The van der Waals surface area contributed by atoms with Crippen molar-refractivity contribution in [1.29, 1.82) is 5.26 Å². The Balaban J connectivity index is 2.29. The second-order valence-corrected chi connectivity index (χ2v) is 6.71. The van der Waals surface area contributed by atoms with Crippen molar-refractivity contribution in [2.24, 2.45) is 0 Å². The molecular weight excluding hydrogens is 340 g/mol. The quantitative estimate of drug-likeness (QED) is 0.591. The summed E-state index contributed by atoms with van der Waals surface area (Å²) in [5.41, 5.74) is 12.1. The lowest BCUT2D eigenvalue weighted by molar-refractivity contribution is 0.411. The molecule has 0 saturated carbocycles. The van der Waals surface area contributed by atoms with Gasteiger partial charge in [0.1, 0.15) is 34.5 Å². The normalized spacial score (nSPS) is 11.3. The molecule has 0 fully saturated rings. The van der Waals surface area contributed by atoms with E-state index in [0.29, 0.717) is 22.9 Å². The molecule has 0 bridgehead atoms. The van der Waals surface area contributed by atoms with Crippen molar-refractivity contribution in [3.05, 3.63) is 46.4 Å². The van der Waals surface area contributed by atoms with Crippen LogP contribution < -0.4 is 10.5 Å². The molecule has 0 aliphatic rings. The molecule has 3 aromatic heterocycles. The van der Waals surface area contributed by atoms with Crippen LogP contribution in [-0.2, 0) is 0 Å². The number of anilines is 1. The largest absolute Gasteiger partial charge is 0.496 e. The Labute approximate surface area is 156 Å². The van der Waals surface area contributed by atoms with Crippen LogP contribution in [0.4, 0.5) is 5.82 Å². The van der Waals surface area contributed by atoms with E-state index in [-0.39, 0.29) is 0 Å². The van der Waals surface area contributed by atoms with Gasteiger partial charge in [0.05, 0.1) is 12.8 Å². The third-order valence-corrected chi connectivity index (χ3v) is 5.00. The zero-order valence-corrected chi connectivity index (χ0v) is 16.0. The number of hydrogen-bond acceptors (Lipinski definition) is 5. The van der Waals surface area contributed by atoms with E-state index in [0.717, 1.165) is 39.2 Å². The number of rotatable bonds is 2. The summed E-state index contributed by atoms with van der Waals surface area (Å²) in [6, 6.07) is 8.12. The number of nitrogens with two attached hydrogens (primary N) is 1. The maximum atomic E-state index is 9.77. The fraction of sp³-hybridized carbons (Fsp3) is 0.250. The predicted molar refractivity (Wildman–Crippen MR) is 104 cm³/mol. The first-order valence-corrected chi connectivity index (χ1v) is 8.60. The van der Waals surface area contributed by atoms with Crippen molar-refractivity contribution in [1.82, 2.24) is 19.2 Å². The average molecular weight is 360 g/mol. The van der Waals surface area contributed by atoms with Gasteiger partial charge in [-0.3, -0.25) is 4.57 Å². The minimum absolute atomic E-state index is 0.389. The highest BCUT2D eigenvalue weighted by molar-refractivity contribution is 6.01. The Morgan fingerprint density at radius 2 is 1.93 bits per heavy atom. The first-order chi connectivity index (χ1) is 12.9. The van der Waals surface area contributed by atoms with Crippen LogP contribution in [0.5, 0.6) is 5.75 Å². The van der Waals surface area contributed by atoms with Gasteiger partial charge in [0, 0.05) is 16.6 Å². The standard InChI is InChI=1S/C20H20N6O/c1-10-6-7-16(27-5)12(3)17(10)25-18-14(15(9-21)19(25)22)8-11(2)26-20(18)23-13(4)24-26/h6-8H,22H2,1-5H3. The number of nitriles is 1. The molecule has 0 unspecified atom stereocenters. The molecule has 2 N–H and O–H groups in total. The van der Waals surface area contributed by atoms with Crippen LogP contribution in [0.2, 0.25) is 0 Å². The summed E-state index contributed by atoms with van der Waals surface area (Å²) in [5.74, 6) is 1.81. The molecule has 136 valence electrons. The molecule has 7 nitrogen and oxygen atoms in total. The molecule has 4 aromatic rings. The number of benzene rings is 1. The topological polar surface area (TPSA) is 94.2 Å². The van der Waals surface area contributed by atoms with Gasteiger partial charge in [0.15, 0.2) is 5.65 Å².